The first kappa shape index (κ1) is 15.4. The van der Waals surface area contributed by atoms with E-state index in [1.165, 1.54) is 0 Å². The van der Waals surface area contributed by atoms with E-state index in [9.17, 15) is 9.90 Å². The quantitative estimate of drug-likeness (QED) is 0.798. The maximum atomic E-state index is 11.7. The van der Waals surface area contributed by atoms with Crippen molar-refractivity contribution < 1.29 is 14.6 Å². The van der Waals surface area contributed by atoms with Gasteiger partial charge in [0.1, 0.15) is 11.4 Å². The van der Waals surface area contributed by atoms with Crippen LogP contribution >= 0.6 is 0 Å². The number of esters is 1. The SMILES string of the molecule is CCOC(=O)c1cccnc1NCC(O)C(C)(C)C. The molecule has 0 saturated heterocycles. The summed E-state index contributed by atoms with van der Waals surface area (Å²) in [5, 5.41) is 13.0. The highest BCUT2D eigenvalue weighted by Gasteiger charge is 2.22. The van der Waals surface area contributed by atoms with E-state index in [1.54, 1.807) is 25.3 Å². The number of nitrogens with zero attached hydrogens (tertiary/aromatic N) is 1. The van der Waals surface area contributed by atoms with Gasteiger partial charge in [0, 0.05) is 12.7 Å². The average molecular weight is 266 g/mol. The third-order valence-electron chi connectivity index (χ3n) is 2.77. The van der Waals surface area contributed by atoms with Crippen LogP contribution in [0.1, 0.15) is 38.1 Å². The Balaban J connectivity index is 2.76. The summed E-state index contributed by atoms with van der Waals surface area (Å²) in [6, 6.07) is 3.33. The van der Waals surface area contributed by atoms with E-state index < -0.39 is 12.1 Å². The van der Waals surface area contributed by atoms with Gasteiger partial charge >= 0.3 is 5.97 Å². The molecule has 0 aliphatic carbocycles. The number of pyridine rings is 1. The van der Waals surface area contributed by atoms with Gasteiger partial charge < -0.3 is 15.2 Å². The zero-order chi connectivity index (χ0) is 14.5. The lowest BCUT2D eigenvalue weighted by Crippen LogP contribution is -2.33. The van der Waals surface area contributed by atoms with Crippen LogP contribution in [0.3, 0.4) is 0 Å². The van der Waals surface area contributed by atoms with Gasteiger partial charge in [0.05, 0.1) is 12.7 Å². The molecular formula is C14H22N2O3. The molecule has 0 amide bonds. The summed E-state index contributed by atoms with van der Waals surface area (Å²) >= 11 is 0. The monoisotopic (exact) mass is 266 g/mol. The van der Waals surface area contributed by atoms with Gasteiger partial charge in [-0.15, -0.1) is 0 Å². The molecule has 5 nitrogen and oxygen atoms in total. The summed E-state index contributed by atoms with van der Waals surface area (Å²) < 4.78 is 4.96. The summed E-state index contributed by atoms with van der Waals surface area (Å²) in [7, 11) is 0. The van der Waals surface area contributed by atoms with Gasteiger partial charge in [0.15, 0.2) is 0 Å². The number of carbonyl (C=O) groups excluding carboxylic acids is 1. The zero-order valence-corrected chi connectivity index (χ0v) is 11.9. The fourth-order valence-corrected chi connectivity index (χ4v) is 1.42. The predicted octanol–water partition coefficient (Wildman–Crippen LogP) is 2.08. The predicted molar refractivity (Wildman–Crippen MR) is 74.1 cm³/mol. The molecule has 1 heterocycles. The van der Waals surface area contributed by atoms with Crippen molar-refractivity contribution in [2.75, 3.05) is 18.5 Å². The van der Waals surface area contributed by atoms with E-state index in [2.05, 4.69) is 10.3 Å². The number of ether oxygens (including phenoxy) is 1. The Labute approximate surface area is 114 Å². The smallest absolute Gasteiger partial charge is 0.341 e. The van der Waals surface area contributed by atoms with Crippen LogP contribution in [0.15, 0.2) is 18.3 Å². The van der Waals surface area contributed by atoms with Gasteiger partial charge in [-0.1, -0.05) is 20.8 Å². The van der Waals surface area contributed by atoms with Crippen molar-refractivity contribution in [3.63, 3.8) is 0 Å². The van der Waals surface area contributed by atoms with Crippen molar-refractivity contribution in [3.05, 3.63) is 23.9 Å². The molecule has 0 radical (unpaired) electrons. The van der Waals surface area contributed by atoms with Crippen LogP contribution < -0.4 is 5.32 Å². The molecule has 2 N–H and O–H groups in total. The van der Waals surface area contributed by atoms with E-state index in [1.807, 2.05) is 20.8 Å². The second kappa shape index (κ2) is 6.52. The van der Waals surface area contributed by atoms with E-state index in [0.29, 0.717) is 24.5 Å². The van der Waals surface area contributed by atoms with Crippen LogP contribution in [-0.4, -0.2) is 35.3 Å². The van der Waals surface area contributed by atoms with Crippen molar-refractivity contribution in [3.8, 4) is 0 Å². The highest BCUT2D eigenvalue weighted by Crippen LogP contribution is 2.20. The molecule has 1 aromatic rings. The second-order valence-electron chi connectivity index (χ2n) is 5.38. The van der Waals surface area contributed by atoms with Crippen molar-refractivity contribution in [2.24, 2.45) is 5.41 Å². The molecule has 0 spiro atoms. The van der Waals surface area contributed by atoms with Gasteiger partial charge in [-0.05, 0) is 24.5 Å². The standard InChI is InChI=1S/C14H22N2O3/c1-5-19-13(18)10-7-6-8-15-12(10)16-9-11(17)14(2,3)4/h6-8,11,17H,5,9H2,1-4H3,(H,15,16). The van der Waals surface area contributed by atoms with Crippen LogP contribution in [-0.2, 0) is 4.74 Å². The van der Waals surface area contributed by atoms with E-state index in [-0.39, 0.29) is 5.41 Å². The molecule has 106 valence electrons. The number of aliphatic hydroxyl groups excluding tert-OH is 1. The third kappa shape index (κ3) is 4.52. The summed E-state index contributed by atoms with van der Waals surface area (Å²) in [5.41, 5.74) is 0.150. The highest BCUT2D eigenvalue weighted by atomic mass is 16.5. The minimum absolute atomic E-state index is 0.230. The molecule has 19 heavy (non-hydrogen) atoms. The van der Waals surface area contributed by atoms with Gasteiger partial charge in [0.2, 0.25) is 0 Å². The molecule has 0 bridgehead atoms. The Morgan fingerprint density at radius 1 is 1.53 bits per heavy atom. The number of nitrogens with one attached hydrogen (secondary N) is 1. The molecule has 0 aromatic carbocycles. The Bertz CT molecular complexity index is 427. The number of aliphatic hydroxyl groups is 1. The fraction of sp³-hybridized carbons (Fsp3) is 0.571. The fourth-order valence-electron chi connectivity index (χ4n) is 1.42. The van der Waals surface area contributed by atoms with Crippen molar-refractivity contribution in [2.45, 2.75) is 33.8 Å². The Morgan fingerprint density at radius 3 is 2.79 bits per heavy atom. The van der Waals surface area contributed by atoms with Crippen LogP contribution in [0.5, 0.6) is 0 Å². The minimum atomic E-state index is -0.537. The van der Waals surface area contributed by atoms with Crippen LogP contribution in [0.2, 0.25) is 0 Å². The minimum Gasteiger partial charge on any atom is -0.462 e. The van der Waals surface area contributed by atoms with Crippen molar-refractivity contribution in [1.29, 1.82) is 0 Å². The molecule has 0 aliphatic rings. The molecule has 1 aromatic heterocycles. The lowest BCUT2D eigenvalue weighted by atomic mass is 9.89. The molecule has 1 atom stereocenters. The first-order valence-electron chi connectivity index (χ1n) is 6.40. The molecule has 0 aliphatic heterocycles. The van der Waals surface area contributed by atoms with Crippen LogP contribution in [0, 0.1) is 5.41 Å². The van der Waals surface area contributed by atoms with Crippen molar-refractivity contribution >= 4 is 11.8 Å². The summed E-state index contributed by atoms with van der Waals surface area (Å²) in [4.78, 5) is 15.9. The topological polar surface area (TPSA) is 71.5 Å². The first-order chi connectivity index (χ1) is 8.86. The molecule has 1 rings (SSSR count). The molecule has 0 saturated carbocycles. The lowest BCUT2D eigenvalue weighted by molar-refractivity contribution is 0.0526. The maximum absolute atomic E-state index is 11.7. The lowest BCUT2D eigenvalue weighted by Gasteiger charge is -2.26. The van der Waals surface area contributed by atoms with Gasteiger partial charge in [-0.3, -0.25) is 0 Å². The molecular weight excluding hydrogens is 244 g/mol. The largest absolute Gasteiger partial charge is 0.462 e. The maximum Gasteiger partial charge on any atom is 0.341 e. The summed E-state index contributed by atoms with van der Waals surface area (Å²) in [6.45, 7) is 8.24. The number of hydrogen-bond acceptors (Lipinski definition) is 5. The van der Waals surface area contributed by atoms with Gasteiger partial charge in [-0.2, -0.15) is 0 Å². The number of hydrogen-bond donors (Lipinski definition) is 2. The average Bonchev–Trinajstić information content (AvgIpc) is 2.35. The number of rotatable bonds is 5. The normalized spacial score (nSPS) is 12.9. The van der Waals surface area contributed by atoms with Gasteiger partial charge in [-0.25, -0.2) is 9.78 Å². The van der Waals surface area contributed by atoms with Crippen molar-refractivity contribution in [1.82, 2.24) is 4.98 Å². The molecule has 0 fully saturated rings. The Kier molecular flexibility index (Phi) is 5.30. The summed E-state index contributed by atoms with van der Waals surface area (Å²) in [5.74, 6) is 0.0209. The van der Waals surface area contributed by atoms with E-state index in [0.717, 1.165) is 0 Å². The highest BCUT2D eigenvalue weighted by molar-refractivity contribution is 5.94. The van der Waals surface area contributed by atoms with E-state index >= 15 is 0 Å². The van der Waals surface area contributed by atoms with Gasteiger partial charge in [0.25, 0.3) is 0 Å². The molecule has 5 heteroatoms. The first-order valence-corrected chi connectivity index (χ1v) is 6.40. The molecule has 1 unspecified atom stereocenters. The zero-order valence-electron chi connectivity index (χ0n) is 11.9. The van der Waals surface area contributed by atoms with Crippen LogP contribution in [0.25, 0.3) is 0 Å². The Morgan fingerprint density at radius 2 is 2.21 bits per heavy atom. The second-order valence-corrected chi connectivity index (χ2v) is 5.38. The summed E-state index contributed by atoms with van der Waals surface area (Å²) in [6.07, 6.45) is 1.05. The number of aromatic nitrogens is 1. The Hall–Kier alpha value is -1.62. The van der Waals surface area contributed by atoms with E-state index in [4.69, 9.17) is 4.74 Å². The number of anilines is 1. The number of carbonyl (C=O) groups is 1. The third-order valence-corrected chi connectivity index (χ3v) is 2.77. The van der Waals surface area contributed by atoms with Crippen LogP contribution in [0.4, 0.5) is 5.82 Å².